The smallest absolute Gasteiger partial charge is 0.162 e. The monoisotopic (exact) mass is 390 g/mol. The van der Waals surface area contributed by atoms with Crippen molar-refractivity contribution in [3.8, 4) is 5.75 Å². The summed E-state index contributed by atoms with van der Waals surface area (Å²) in [6.45, 7) is 8.39. The summed E-state index contributed by atoms with van der Waals surface area (Å²) in [5.74, 6) is 1.09. The Morgan fingerprint density at radius 2 is 1.76 bits per heavy atom. The van der Waals surface area contributed by atoms with Crippen LogP contribution in [0.5, 0.6) is 5.75 Å². The van der Waals surface area contributed by atoms with Crippen LogP contribution in [0.1, 0.15) is 68.7 Å². The standard InChI is InChI=1S/C27H34O2/c1-6-8-9-12-26(27(28)7-2)25-13-10-11-21(4)24(25)19-14-20(3)22-15-17-23(29-5)18-16-22/h10-18H,6-9,19H2,1-5H3/b20-14+,26-12-. The quantitative estimate of drug-likeness (QED) is 0.317. The maximum atomic E-state index is 12.7. The zero-order valence-corrected chi connectivity index (χ0v) is 18.5. The molecule has 154 valence electrons. The fraction of sp³-hybridized carbons (Fsp3) is 0.370. The molecule has 2 heteroatoms. The molecule has 2 aromatic carbocycles. The van der Waals surface area contributed by atoms with E-state index in [0.717, 1.165) is 42.6 Å². The lowest BCUT2D eigenvalue weighted by molar-refractivity contribution is -0.113. The molecule has 0 radical (unpaired) electrons. The highest BCUT2D eigenvalue weighted by Crippen LogP contribution is 2.27. The van der Waals surface area contributed by atoms with Gasteiger partial charge < -0.3 is 4.74 Å². The molecular weight excluding hydrogens is 356 g/mol. The molecule has 0 saturated heterocycles. The van der Waals surface area contributed by atoms with E-state index in [9.17, 15) is 4.79 Å². The van der Waals surface area contributed by atoms with Crippen molar-refractivity contribution in [3.05, 3.63) is 76.9 Å². The fourth-order valence-corrected chi connectivity index (χ4v) is 3.47. The van der Waals surface area contributed by atoms with Gasteiger partial charge in [0.2, 0.25) is 0 Å². The molecule has 0 aliphatic rings. The summed E-state index contributed by atoms with van der Waals surface area (Å²) in [5, 5.41) is 0. The first kappa shape index (κ1) is 22.7. The van der Waals surface area contributed by atoms with Crippen molar-refractivity contribution in [2.45, 2.75) is 59.8 Å². The predicted molar refractivity (Wildman–Crippen MR) is 124 cm³/mol. The first-order valence-corrected chi connectivity index (χ1v) is 10.6. The number of unbranched alkanes of at least 4 members (excludes halogenated alkanes) is 2. The van der Waals surface area contributed by atoms with Gasteiger partial charge in [0.05, 0.1) is 7.11 Å². The largest absolute Gasteiger partial charge is 0.497 e. The van der Waals surface area contributed by atoms with Gasteiger partial charge in [-0.15, -0.1) is 0 Å². The third kappa shape index (κ3) is 6.19. The number of benzene rings is 2. The van der Waals surface area contributed by atoms with Gasteiger partial charge in [-0.2, -0.15) is 0 Å². The van der Waals surface area contributed by atoms with Gasteiger partial charge in [-0.05, 0) is 66.6 Å². The zero-order chi connectivity index (χ0) is 21.2. The van der Waals surface area contributed by atoms with Gasteiger partial charge in [-0.3, -0.25) is 4.79 Å². The molecule has 0 N–H and O–H groups in total. The van der Waals surface area contributed by atoms with Gasteiger partial charge in [0.15, 0.2) is 5.78 Å². The summed E-state index contributed by atoms with van der Waals surface area (Å²) >= 11 is 0. The average molecular weight is 391 g/mol. The first-order valence-electron chi connectivity index (χ1n) is 10.6. The Labute approximate surface area is 176 Å². The van der Waals surface area contributed by atoms with Crippen LogP contribution in [0.25, 0.3) is 11.1 Å². The molecular formula is C27H34O2. The number of methoxy groups -OCH3 is 1. The van der Waals surface area contributed by atoms with E-state index in [1.165, 1.54) is 22.3 Å². The number of rotatable bonds is 10. The van der Waals surface area contributed by atoms with Gasteiger partial charge in [0, 0.05) is 12.0 Å². The lowest BCUT2D eigenvalue weighted by atomic mass is 9.89. The Bertz CT molecular complexity index is 870. The van der Waals surface area contributed by atoms with Crippen molar-refractivity contribution in [2.24, 2.45) is 0 Å². The lowest BCUT2D eigenvalue weighted by Crippen LogP contribution is -2.05. The summed E-state index contributed by atoms with van der Waals surface area (Å²) in [4.78, 5) is 12.7. The topological polar surface area (TPSA) is 26.3 Å². The molecule has 0 bridgehead atoms. The van der Waals surface area contributed by atoms with Crippen LogP contribution in [-0.2, 0) is 11.2 Å². The maximum Gasteiger partial charge on any atom is 0.162 e. The van der Waals surface area contributed by atoms with Crippen LogP contribution in [0.3, 0.4) is 0 Å². The molecule has 0 spiro atoms. The number of carbonyl (C=O) groups is 1. The van der Waals surface area contributed by atoms with Crippen LogP contribution >= 0.6 is 0 Å². The van der Waals surface area contributed by atoms with E-state index >= 15 is 0 Å². The van der Waals surface area contributed by atoms with Crippen LogP contribution in [0.4, 0.5) is 0 Å². The van der Waals surface area contributed by atoms with Crippen LogP contribution in [0.15, 0.2) is 54.6 Å². The number of carbonyl (C=O) groups excluding carboxylic acids is 1. The zero-order valence-electron chi connectivity index (χ0n) is 18.5. The molecule has 0 heterocycles. The van der Waals surface area contributed by atoms with E-state index < -0.39 is 0 Å². The molecule has 0 saturated carbocycles. The number of hydrogen-bond acceptors (Lipinski definition) is 2. The molecule has 2 rings (SSSR count). The summed E-state index contributed by atoms with van der Waals surface area (Å²) in [7, 11) is 1.68. The molecule has 0 unspecified atom stereocenters. The molecule has 0 aromatic heterocycles. The molecule has 2 aromatic rings. The summed E-state index contributed by atoms with van der Waals surface area (Å²) in [6, 6.07) is 14.4. The van der Waals surface area contributed by atoms with E-state index in [-0.39, 0.29) is 5.78 Å². The van der Waals surface area contributed by atoms with E-state index in [4.69, 9.17) is 4.74 Å². The Morgan fingerprint density at radius 3 is 2.38 bits per heavy atom. The number of allylic oxidation sites excluding steroid dienone is 4. The molecule has 0 atom stereocenters. The van der Waals surface area contributed by atoms with Crippen LogP contribution in [0, 0.1) is 6.92 Å². The number of hydrogen-bond donors (Lipinski definition) is 0. The van der Waals surface area contributed by atoms with Gasteiger partial charge in [-0.25, -0.2) is 0 Å². The Balaban J connectivity index is 2.37. The van der Waals surface area contributed by atoms with Crippen molar-refractivity contribution in [3.63, 3.8) is 0 Å². The van der Waals surface area contributed by atoms with Crippen LogP contribution < -0.4 is 4.74 Å². The van der Waals surface area contributed by atoms with Crippen LogP contribution in [0.2, 0.25) is 0 Å². The first-order chi connectivity index (χ1) is 14.0. The van der Waals surface area contributed by atoms with Crippen molar-refractivity contribution in [2.75, 3.05) is 7.11 Å². The number of Topliss-reactive ketones (excluding diaryl/α,β-unsaturated/α-hetero) is 1. The molecule has 0 aliphatic heterocycles. The number of aryl methyl sites for hydroxylation is 1. The second kappa shape index (κ2) is 11.4. The van der Waals surface area contributed by atoms with E-state index in [1.54, 1.807) is 7.11 Å². The average Bonchev–Trinajstić information content (AvgIpc) is 2.75. The summed E-state index contributed by atoms with van der Waals surface area (Å²) in [5.41, 5.74) is 6.85. The fourth-order valence-electron chi connectivity index (χ4n) is 3.47. The van der Waals surface area contributed by atoms with E-state index in [0.29, 0.717) is 6.42 Å². The Kier molecular flexibility index (Phi) is 8.92. The predicted octanol–water partition coefficient (Wildman–Crippen LogP) is 7.20. The Hall–Kier alpha value is -2.61. The van der Waals surface area contributed by atoms with Crippen LogP contribution in [-0.4, -0.2) is 12.9 Å². The molecule has 0 amide bonds. The van der Waals surface area contributed by atoms with Gasteiger partial charge >= 0.3 is 0 Å². The number of ether oxygens (including phenoxy) is 1. The molecule has 29 heavy (non-hydrogen) atoms. The third-order valence-corrected chi connectivity index (χ3v) is 5.39. The highest BCUT2D eigenvalue weighted by molar-refractivity contribution is 6.21. The normalized spacial score (nSPS) is 12.2. The van der Waals surface area contributed by atoms with E-state index in [2.05, 4.69) is 63.3 Å². The summed E-state index contributed by atoms with van der Waals surface area (Å²) < 4.78 is 5.25. The third-order valence-electron chi connectivity index (χ3n) is 5.39. The minimum absolute atomic E-state index is 0.226. The molecule has 2 nitrogen and oxygen atoms in total. The SMILES string of the molecule is CCCC/C=C(\C(=O)CC)c1cccc(C)c1C/C=C(\C)c1ccc(OC)cc1. The lowest BCUT2D eigenvalue weighted by Gasteiger charge is -2.14. The number of ketones is 1. The minimum Gasteiger partial charge on any atom is -0.497 e. The highest BCUT2D eigenvalue weighted by atomic mass is 16.5. The second-order valence-corrected chi connectivity index (χ2v) is 7.46. The van der Waals surface area contributed by atoms with Crippen molar-refractivity contribution in [1.29, 1.82) is 0 Å². The van der Waals surface area contributed by atoms with Crippen molar-refractivity contribution >= 4 is 16.9 Å². The minimum atomic E-state index is 0.226. The Morgan fingerprint density at radius 1 is 1.03 bits per heavy atom. The van der Waals surface area contributed by atoms with E-state index in [1.807, 2.05) is 19.1 Å². The van der Waals surface area contributed by atoms with Gasteiger partial charge in [-0.1, -0.05) is 69.2 Å². The van der Waals surface area contributed by atoms with Crippen molar-refractivity contribution in [1.82, 2.24) is 0 Å². The van der Waals surface area contributed by atoms with Gasteiger partial charge in [0.25, 0.3) is 0 Å². The second-order valence-electron chi connectivity index (χ2n) is 7.46. The van der Waals surface area contributed by atoms with Gasteiger partial charge in [0.1, 0.15) is 5.75 Å². The highest BCUT2D eigenvalue weighted by Gasteiger charge is 2.15. The summed E-state index contributed by atoms with van der Waals surface area (Å²) in [6.07, 6.45) is 8.94. The van der Waals surface area contributed by atoms with Crippen molar-refractivity contribution < 1.29 is 9.53 Å². The maximum absolute atomic E-state index is 12.7. The molecule has 0 aliphatic carbocycles. The molecule has 0 fully saturated rings.